The fourth-order valence-electron chi connectivity index (χ4n) is 7.44. The molecule has 0 bridgehead atoms. The molecule has 0 aliphatic heterocycles. The summed E-state index contributed by atoms with van der Waals surface area (Å²) in [6.45, 7) is 0. The van der Waals surface area contributed by atoms with Crippen molar-refractivity contribution in [3.63, 3.8) is 0 Å². The number of hydrogen-bond donors (Lipinski definition) is 0. The highest BCUT2D eigenvalue weighted by atomic mass is 15.1. The SMILES string of the molecule is c1ccc(-c2ccccc2N(c2ccc(-c3ccc4ccccc4c3-c3ccccc3)cc2)c2ccc(-c3cccc4ccccc34)cc2)cc1. The first-order valence-corrected chi connectivity index (χ1v) is 17.5. The molecule has 51 heavy (non-hydrogen) atoms. The average molecular weight is 650 g/mol. The normalized spacial score (nSPS) is 11.1. The van der Waals surface area contributed by atoms with E-state index >= 15 is 0 Å². The van der Waals surface area contributed by atoms with Crippen molar-refractivity contribution in [3.05, 3.63) is 212 Å². The van der Waals surface area contributed by atoms with E-state index in [-0.39, 0.29) is 0 Å². The first kappa shape index (κ1) is 30.4. The Kier molecular flexibility index (Phi) is 7.92. The minimum Gasteiger partial charge on any atom is -0.310 e. The lowest BCUT2D eigenvalue weighted by atomic mass is 9.89. The van der Waals surface area contributed by atoms with Crippen molar-refractivity contribution in [1.82, 2.24) is 0 Å². The summed E-state index contributed by atoms with van der Waals surface area (Å²) in [5, 5.41) is 5.01. The Morgan fingerprint density at radius 2 is 0.725 bits per heavy atom. The van der Waals surface area contributed by atoms with Crippen molar-refractivity contribution < 1.29 is 0 Å². The first-order valence-electron chi connectivity index (χ1n) is 17.5. The van der Waals surface area contributed by atoms with Gasteiger partial charge in [-0.15, -0.1) is 0 Å². The second-order valence-corrected chi connectivity index (χ2v) is 12.9. The molecule has 9 aromatic rings. The molecule has 0 radical (unpaired) electrons. The maximum atomic E-state index is 2.39. The van der Waals surface area contributed by atoms with Gasteiger partial charge in [-0.2, -0.15) is 0 Å². The molecule has 0 saturated heterocycles. The highest BCUT2D eigenvalue weighted by Gasteiger charge is 2.18. The summed E-state index contributed by atoms with van der Waals surface area (Å²) in [6, 6.07) is 76.6. The Balaban J connectivity index is 1.18. The molecule has 0 aliphatic rings. The van der Waals surface area contributed by atoms with Gasteiger partial charge in [-0.3, -0.25) is 0 Å². The number of fused-ring (bicyclic) bond motifs is 2. The number of rotatable bonds is 7. The van der Waals surface area contributed by atoms with E-state index < -0.39 is 0 Å². The van der Waals surface area contributed by atoms with Gasteiger partial charge in [0.1, 0.15) is 0 Å². The zero-order chi connectivity index (χ0) is 34.0. The molecule has 0 fully saturated rings. The van der Waals surface area contributed by atoms with E-state index in [1.807, 2.05) is 0 Å². The van der Waals surface area contributed by atoms with Crippen LogP contribution in [0.5, 0.6) is 0 Å². The summed E-state index contributed by atoms with van der Waals surface area (Å²) in [4.78, 5) is 2.39. The molecular weight excluding hydrogens is 615 g/mol. The summed E-state index contributed by atoms with van der Waals surface area (Å²) in [6.07, 6.45) is 0. The number of benzene rings is 9. The Morgan fingerprint density at radius 1 is 0.255 bits per heavy atom. The molecule has 1 heteroatoms. The summed E-state index contributed by atoms with van der Waals surface area (Å²) in [5.74, 6) is 0. The predicted octanol–water partition coefficient (Wildman–Crippen LogP) is 14.1. The van der Waals surface area contributed by atoms with E-state index in [2.05, 4.69) is 217 Å². The molecule has 0 heterocycles. The zero-order valence-electron chi connectivity index (χ0n) is 28.2. The highest BCUT2D eigenvalue weighted by Crippen LogP contribution is 2.43. The smallest absolute Gasteiger partial charge is 0.0540 e. The molecule has 0 N–H and O–H groups in total. The maximum absolute atomic E-state index is 2.39. The molecule has 9 rings (SSSR count). The van der Waals surface area contributed by atoms with Crippen LogP contribution in [0.2, 0.25) is 0 Å². The fraction of sp³-hybridized carbons (Fsp3) is 0. The Hall–Kier alpha value is -6.70. The van der Waals surface area contributed by atoms with Crippen LogP contribution in [0, 0.1) is 0 Å². The number of para-hydroxylation sites is 1. The molecule has 1 nitrogen and oxygen atoms in total. The van der Waals surface area contributed by atoms with Crippen LogP contribution in [0.15, 0.2) is 212 Å². The summed E-state index contributed by atoms with van der Waals surface area (Å²) in [5.41, 5.74) is 13.0. The fourth-order valence-corrected chi connectivity index (χ4v) is 7.44. The van der Waals surface area contributed by atoms with Gasteiger partial charge in [-0.1, -0.05) is 182 Å². The number of nitrogens with zero attached hydrogens (tertiary/aromatic N) is 1. The third-order valence-electron chi connectivity index (χ3n) is 9.88. The van der Waals surface area contributed by atoms with Crippen molar-refractivity contribution in [2.45, 2.75) is 0 Å². The van der Waals surface area contributed by atoms with Gasteiger partial charge in [0.15, 0.2) is 0 Å². The van der Waals surface area contributed by atoms with Crippen molar-refractivity contribution in [1.29, 1.82) is 0 Å². The van der Waals surface area contributed by atoms with Gasteiger partial charge in [-0.25, -0.2) is 0 Å². The van der Waals surface area contributed by atoms with Crippen LogP contribution in [0.3, 0.4) is 0 Å². The van der Waals surface area contributed by atoms with E-state index in [4.69, 9.17) is 0 Å². The molecular formula is C50H35N. The van der Waals surface area contributed by atoms with Gasteiger partial charge in [0.05, 0.1) is 5.69 Å². The second kappa shape index (κ2) is 13.3. The van der Waals surface area contributed by atoms with Gasteiger partial charge in [-0.05, 0) is 90.8 Å². The van der Waals surface area contributed by atoms with Crippen molar-refractivity contribution >= 4 is 38.6 Å². The quantitative estimate of drug-likeness (QED) is 0.166. The maximum Gasteiger partial charge on any atom is 0.0540 e. The monoisotopic (exact) mass is 649 g/mol. The zero-order valence-corrected chi connectivity index (χ0v) is 28.2. The molecule has 0 atom stereocenters. The Labute approximate surface area is 299 Å². The molecule has 0 aromatic heterocycles. The van der Waals surface area contributed by atoms with Gasteiger partial charge < -0.3 is 4.90 Å². The highest BCUT2D eigenvalue weighted by molar-refractivity contribution is 6.04. The molecule has 0 amide bonds. The van der Waals surface area contributed by atoms with Crippen molar-refractivity contribution in [2.24, 2.45) is 0 Å². The van der Waals surface area contributed by atoms with Crippen LogP contribution < -0.4 is 4.90 Å². The van der Waals surface area contributed by atoms with Crippen molar-refractivity contribution in [2.75, 3.05) is 4.90 Å². The lowest BCUT2D eigenvalue weighted by Crippen LogP contribution is -2.11. The Morgan fingerprint density at radius 3 is 1.41 bits per heavy atom. The van der Waals surface area contributed by atoms with Gasteiger partial charge in [0, 0.05) is 16.9 Å². The van der Waals surface area contributed by atoms with E-state index in [1.165, 1.54) is 66.1 Å². The average Bonchev–Trinajstić information content (AvgIpc) is 3.22. The molecule has 0 spiro atoms. The van der Waals surface area contributed by atoms with Crippen LogP contribution in [0.1, 0.15) is 0 Å². The van der Waals surface area contributed by atoms with E-state index in [0.717, 1.165) is 17.1 Å². The minimum absolute atomic E-state index is 1.10. The number of hydrogen-bond acceptors (Lipinski definition) is 1. The second-order valence-electron chi connectivity index (χ2n) is 12.9. The topological polar surface area (TPSA) is 3.24 Å². The van der Waals surface area contributed by atoms with E-state index in [9.17, 15) is 0 Å². The number of anilines is 3. The van der Waals surface area contributed by atoms with Crippen LogP contribution in [-0.4, -0.2) is 0 Å². The van der Waals surface area contributed by atoms with Crippen molar-refractivity contribution in [3.8, 4) is 44.5 Å². The lowest BCUT2D eigenvalue weighted by molar-refractivity contribution is 1.28. The molecule has 240 valence electrons. The largest absolute Gasteiger partial charge is 0.310 e. The van der Waals surface area contributed by atoms with Gasteiger partial charge in [0.2, 0.25) is 0 Å². The molecule has 0 aliphatic carbocycles. The van der Waals surface area contributed by atoms with Crippen LogP contribution >= 0.6 is 0 Å². The summed E-state index contributed by atoms with van der Waals surface area (Å²) in [7, 11) is 0. The van der Waals surface area contributed by atoms with Gasteiger partial charge >= 0.3 is 0 Å². The predicted molar refractivity (Wildman–Crippen MR) is 218 cm³/mol. The third kappa shape index (κ3) is 5.75. The van der Waals surface area contributed by atoms with E-state index in [0.29, 0.717) is 0 Å². The van der Waals surface area contributed by atoms with E-state index in [1.54, 1.807) is 0 Å². The lowest BCUT2D eigenvalue weighted by Gasteiger charge is -2.28. The van der Waals surface area contributed by atoms with Crippen LogP contribution in [-0.2, 0) is 0 Å². The minimum atomic E-state index is 1.10. The molecule has 9 aromatic carbocycles. The Bertz CT molecular complexity index is 2600. The van der Waals surface area contributed by atoms with Gasteiger partial charge in [0.25, 0.3) is 0 Å². The molecule has 0 unspecified atom stereocenters. The molecule has 0 saturated carbocycles. The summed E-state index contributed by atoms with van der Waals surface area (Å²) >= 11 is 0. The third-order valence-corrected chi connectivity index (χ3v) is 9.88. The first-order chi connectivity index (χ1) is 25.3. The summed E-state index contributed by atoms with van der Waals surface area (Å²) < 4.78 is 0. The van der Waals surface area contributed by atoms with Crippen LogP contribution in [0.4, 0.5) is 17.1 Å². The standard InChI is InChI=1S/C50H35N/c1-3-14-37(15-4-1)46-22-11-12-25-49(46)51(42-31-26-39(27-32-42)45-24-13-20-36-16-7-9-21-44(36)45)43-33-28-40(29-34-43)48-35-30-38-17-8-10-23-47(38)50(48)41-18-5-2-6-19-41/h1-35H. The van der Waals surface area contributed by atoms with Crippen LogP contribution in [0.25, 0.3) is 66.1 Å².